The number of halogens is 3. The molecule has 1 aromatic heterocycles. The molecule has 6 heteroatoms. The number of nitrogens with zero attached hydrogens (tertiary/aromatic N) is 1. The van der Waals surface area contributed by atoms with Gasteiger partial charge in [-0.15, -0.1) is 11.3 Å². The first-order valence-electron chi connectivity index (χ1n) is 5.75. The molecule has 0 spiro atoms. The Morgan fingerprint density at radius 3 is 2.32 bits per heavy atom. The summed E-state index contributed by atoms with van der Waals surface area (Å²) >= 11 is 1.28. The third kappa shape index (κ3) is 2.79. The zero-order valence-corrected chi connectivity index (χ0v) is 11.3. The van der Waals surface area contributed by atoms with Crippen molar-refractivity contribution in [2.24, 2.45) is 5.73 Å². The molecule has 0 aliphatic heterocycles. The van der Waals surface area contributed by atoms with Gasteiger partial charge in [-0.3, -0.25) is 0 Å². The Bertz CT molecular complexity index is 596. The summed E-state index contributed by atoms with van der Waals surface area (Å²) in [6, 6.07) is 0.389. The molecule has 1 aromatic carbocycles. The molecule has 19 heavy (non-hydrogen) atoms. The van der Waals surface area contributed by atoms with Crippen molar-refractivity contribution < 1.29 is 13.2 Å². The number of nitrogens with two attached hydrogens (primary N) is 1. The first-order valence-corrected chi connectivity index (χ1v) is 6.63. The summed E-state index contributed by atoms with van der Waals surface area (Å²) in [6.45, 7) is 3.95. The number of rotatable bonds is 3. The number of hydrogen-bond donors (Lipinski definition) is 1. The van der Waals surface area contributed by atoms with Crippen LogP contribution in [0.1, 0.15) is 42.1 Å². The highest BCUT2D eigenvalue weighted by molar-refractivity contribution is 7.09. The van der Waals surface area contributed by atoms with Crippen LogP contribution in [0.25, 0.3) is 0 Å². The van der Waals surface area contributed by atoms with E-state index >= 15 is 0 Å². The highest BCUT2D eigenvalue weighted by Gasteiger charge is 2.20. The number of thiazole rings is 1. The third-order valence-corrected chi connectivity index (χ3v) is 3.72. The van der Waals surface area contributed by atoms with Gasteiger partial charge >= 0.3 is 0 Å². The van der Waals surface area contributed by atoms with Gasteiger partial charge in [0.05, 0.1) is 11.7 Å². The molecule has 0 saturated heterocycles. The first kappa shape index (κ1) is 14.0. The molecule has 1 heterocycles. The lowest BCUT2D eigenvalue weighted by molar-refractivity contribution is 0.487. The second-order valence-electron chi connectivity index (χ2n) is 4.53. The maximum absolute atomic E-state index is 13.6. The second-order valence-corrected chi connectivity index (χ2v) is 5.42. The molecular weight excluding hydrogens is 273 g/mol. The molecule has 2 aromatic rings. The van der Waals surface area contributed by atoms with Gasteiger partial charge in [-0.2, -0.15) is 0 Å². The Kier molecular flexibility index (Phi) is 3.91. The van der Waals surface area contributed by atoms with E-state index < -0.39 is 23.5 Å². The third-order valence-electron chi connectivity index (χ3n) is 2.77. The normalized spacial score (nSPS) is 13.0. The van der Waals surface area contributed by atoms with Crippen molar-refractivity contribution in [1.82, 2.24) is 4.98 Å². The number of hydrogen-bond acceptors (Lipinski definition) is 3. The van der Waals surface area contributed by atoms with Crippen LogP contribution in [0.3, 0.4) is 0 Å². The van der Waals surface area contributed by atoms with E-state index in [0.717, 1.165) is 11.8 Å². The monoisotopic (exact) mass is 286 g/mol. The van der Waals surface area contributed by atoms with Gasteiger partial charge in [0.15, 0.2) is 11.6 Å². The molecule has 0 radical (unpaired) electrons. The zero-order valence-electron chi connectivity index (χ0n) is 10.5. The minimum absolute atomic E-state index is 0.0939. The quantitative estimate of drug-likeness (QED) is 0.873. The maximum Gasteiger partial charge on any atom is 0.161 e. The summed E-state index contributed by atoms with van der Waals surface area (Å²) in [5.74, 6) is -2.98. The van der Waals surface area contributed by atoms with Crippen LogP contribution in [0.15, 0.2) is 17.5 Å². The van der Waals surface area contributed by atoms with Gasteiger partial charge in [0.1, 0.15) is 10.8 Å². The van der Waals surface area contributed by atoms with Gasteiger partial charge < -0.3 is 5.73 Å². The lowest BCUT2D eigenvalue weighted by Gasteiger charge is -2.10. The van der Waals surface area contributed by atoms with E-state index in [0.29, 0.717) is 11.1 Å². The second kappa shape index (κ2) is 5.30. The molecule has 0 fully saturated rings. The Labute approximate surface area is 113 Å². The number of benzene rings is 1. The molecule has 0 bridgehead atoms. The van der Waals surface area contributed by atoms with Crippen molar-refractivity contribution in [3.8, 4) is 0 Å². The maximum atomic E-state index is 13.6. The molecular formula is C13H13F3N2S. The van der Waals surface area contributed by atoms with Crippen LogP contribution in [-0.4, -0.2) is 4.98 Å². The molecule has 0 saturated carbocycles. The van der Waals surface area contributed by atoms with Crippen molar-refractivity contribution in [2.45, 2.75) is 25.8 Å². The standard InChI is InChI=1S/C13H13F3N2S/c1-6(2)11-5-19-13(18-11)12(17)7-3-9(15)10(16)4-8(7)14/h3-6,12H,17H2,1-2H3. The molecule has 102 valence electrons. The molecule has 0 aliphatic carbocycles. The first-order chi connectivity index (χ1) is 8.90. The van der Waals surface area contributed by atoms with E-state index in [9.17, 15) is 13.2 Å². The molecule has 1 unspecified atom stereocenters. The minimum atomic E-state index is -1.23. The smallest absolute Gasteiger partial charge is 0.161 e. The van der Waals surface area contributed by atoms with Gasteiger partial charge in [-0.25, -0.2) is 18.2 Å². The van der Waals surface area contributed by atoms with Crippen molar-refractivity contribution in [2.75, 3.05) is 0 Å². The van der Waals surface area contributed by atoms with E-state index in [1.807, 2.05) is 19.2 Å². The van der Waals surface area contributed by atoms with Crippen molar-refractivity contribution >= 4 is 11.3 Å². The Morgan fingerprint density at radius 2 is 1.74 bits per heavy atom. The molecule has 2 rings (SSSR count). The average Bonchev–Trinajstić information content (AvgIpc) is 2.82. The van der Waals surface area contributed by atoms with Gasteiger partial charge in [-0.05, 0) is 12.0 Å². The molecule has 1 atom stereocenters. The predicted molar refractivity (Wildman–Crippen MR) is 68.5 cm³/mol. The van der Waals surface area contributed by atoms with Gasteiger partial charge in [0.2, 0.25) is 0 Å². The van der Waals surface area contributed by atoms with Crippen molar-refractivity contribution in [3.63, 3.8) is 0 Å². The van der Waals surface area contributed by atoms with Crippen LogP contribution in [0.2, 0.25) is 0 Å². The molecule has 0 amide bonds. The summed E-state index contributed by atoms with van der Waals surface area (Å²) in [5, 5.41) is 2.31. The average molecular weight is 286 g/mol. The summed E-state index contributed by atoms with van der Waals surface area (Å²) in [6.07, 6.45) is 0. The fourth-order valence-electron chi connectivity index (χ4n) is 1.62. The van der Waals surface area contributed by atoms with Gasteiger partial charge in [0, 0.05) is 17.0 Å². The van der Waals surface area contributed by atoms with Crippen LogP contribution >= 0.6 is 11.3 Å². The van der Waals surface area contributed by atoms with E-state index in [2.05, 4.69) is 4.98 Å². The fourth-order valence-corrected chi connectivity index (χ4v) is 2.62. The number of aromatic nitrogens is 1. The SMILES string of the molecule is CC(C)c1csc(C(N)c2cc(F)c(F)cc2F)n1. The zero-order chi connectivity index (χ0) is 14.2. The summed E-state index contributed by atoms with van der Waals surface area (Å²) in [4.78, 5) is 4.29. The largest absolute Gasteiger partial charge is 0.318 e. The summed E-state index contributed by atoms with van der Waals surface area (Å²) in [7, 11) is 0. The van der Waals surface area contributed by atoms with Crippen LogP contribution in [0.4, 0.5) is 13.2 Å². The topological polar surface area (TPSA) is 38.9 Å². The van der Waals surface area contributed by atoms with Crippen LogP contribution in [0.5, 0.6) is 0 Å². The van der Waals surface area contributed by atoms with Crippen LogP contribution < -0.4 is 5.73 Å². The summed E-state index contributed by atoms with van der Waals surface area (Å²) in [5.41, 5.74) is 6.62. The van der Waals surface area contributed by atoms with E-state index in [4.69, 9.17) is 5.73 Å². The van der Waals surface area contributed by atoms with Crippen molar-refractivity contribution in [3.05, 3.63) is 51.2 Å². The molecule has 0 aliphatic rings. The minimum Gasteiger partial charge on any atom is -0.318 e. The molecule has 2 nitrogen and oxygen atoms in total. The highest BCUT2D eigenvalue weighted by atomic mass is 32.1. The predicted octanol–water partition coefficient (Wildman–Crippen LogP) is 3.73. The fraction of sp³-hybridized carbons (Fsp3) is 0.308. The molecule has 2 N–H and O–H groups in total. The lowest BCUT2D eigenvalue weighted by atomic mass is 10.1. The Balaban J connectivity index is 2.38. The van der Waals surface area contributed by atoms with E-state index in [1.54, 1.807) is 0 Å². The Morgan fingerprint density at radius 1 is 1.11 bits per heavy atom. The highest BCUT2D eigenvalue weighted by Crippen LogP contribution is 2.28. The van der Waals surface area contributed by atoms with E-state index in [1.165, 1.54) is 11.3 Å². The van der Waals surface area contributed by atoms with Gasteiger partial charge in [0.25, 0.3) is 0 Å². The summed E-state index contributed by atoms with van der Waals surface area (Å²) < 4.78 is 39.6. The Hall–Kier alpha value is -1.40. The van der Waals surface area contributed by atoms with Crippen LogP contribution in [-0.2, 0) is 0 Å². The van der Waals surface area contributed by atoms with Gasteiger partial charge in [-0.1, -0.05) is 13.8 Å². The lowest BCUT2D eigenvalue weighted by Crippen LogP contribution is -2.14. The van der Waals surface area contributed by atoms with Crippen LogP contribution in [0, 0.1) is 17.5 Å². The van der Waals surface area contributed by atoms with Crippen molar-refractivity contribution in [1.29, 1.82) is 0 Å². The van der Waals surface area contributed by atoms with E-state index in [-0.39, 0.29) is 11.5 Å².